The van der Waals surface area contributed by atoms with Crippen LogP contribution in [-0.4, -0.2) is 0 Å². The highest BCUT2D eigenvalue weighted by molar-refractivity contribution is 6.27. The number of aryl methyl sites for hydroxylation is 8. The van der Waals surface area contributed by atoms with Gasteiger partial charge in [-0.3, -0.25) is 0 Å². The molecule has 16 aromatic rings. The number of fused-ring (bicyclic) bond motifs is 32. The van der Waals surface area contributed by atoms with Crippen molar-refractivity contribution in [3.8, 4) is 0 Å². The van der Waals surface area contributed by atoms with E-state index in [9.17, 15) is 0 Å². The van der Waals surface area contributed by atoms with Crippen LogP contribution in [0.1, 0.15) is 89.0 Å². The summed E-state index contributed by atoms with van der Waals surface area (Å²) in [6.07, 6.45) is 0. The second-order valence-electron chi connectivity index (χ2n) is 27.1. The number of hydrogen-bond donors (Lipinski definition) is 4. The summed E-state index contributed by atoms with van der Waals surface area (Å²) < 4.78 is 0. The first kappa shape index (κ1) is 56.5. The predicted octanol–water partition coefficient (Wildman–Crippen LogP) is 21.5. The highest BCUT2D eigenvalue weighted by Gasteiger charge is 2.22. The lowest BCUT2D eigenvalue weighted by Crippen LogP contribution is -2.15. The molecule has 0 aromatic heterocycles. The maximum absolute atomic E-state index is 4.08. The van der Waals surface area contributed by atoms with Crippen molar-refractivity contribution in [3.63, 3.8) is 0 Å². The van der Waals surface area contributed by atoms with Gasteiger partial charge in [-0.2, -0.15) is 0 Å². The van der Waals surface area contributed by atoms with Crippen LogP contribution >= 0.6 is 0 Å². The molecule has 16 aromatic carbocycles. The third kappa shape index (κ3) is 8.94. The van der Waals surface area contributed by atoms with Gasteiger partial charge >= 0.3 is 0 Å². The van der Waals surface area contributed by atoms with Crippen molar-refractivity contribution in [2.75, 3.05) is 0 Å². The molecular formula is C88H76N4. The Hall–Kier alpha value is -9.52. The summed E-state index contributed by atoms with van der Waals surface area (Å²) in [5, 5.41) is 48.2. The summed E-state index contributed by atoms with van der Waals surface area (Å²) in [5.74, 6) is 0. The molecule has 0 saturated heterocycles. The van der Waals surface area contributed by atoms with Crippen LogP contribution in [0.2, 0.25) is 0 Å². The van der Waals surface area contributed by atoms with Crippen molar-refractivity contribution in [1.82, 2.24) is 21.3 Å². The first-order valence-electron chi connectivity index (χ1n) is 33.2. The van der Waals surface area contributed by atoms with Gasteiger partial charge in [0.25, 0.3) is 0 Å². The van der Waals surface area contributed by atoms with Crippen molar-refractivity contribution in [1.29, 1.82) is 0 Å². The van der Waals surface area contributed by atoms with E-state index in [1.54, 1.807) is 0 Å². The molecule has 0 atom stereocenters. The minimum absolute atomic E-state index is 0.730. The lowest BCUT2D eigenvalue weighted by atomic mass is 9.87. The van der Waals surface area contributed by atoms with Crippen molar-refractivity contribution in [2.24, 2.45) is 0 Å². The van der Waals surface area contributed by atoms with Gasteiger partial charge in [0.1, 0.15) is 0 Å². The molecule has 448 valence electrons. The van der Waals surface area contributed by atoms with Gasteiger partial charge in [0.15, 0.2) is 0 Å². The summed E-state index contributed by atoms with van der Waals surface area (Å²) >= 11 is 0. The minimum Gasteiger partial charge on any atom is -0.309 e. The molecule has 0 amide bonds. The number of nitrogens with one attached hydrogen (secondary N) is 4. The largest absolute Gasteiger partial charge is 0.309 e. The molecule has 4 nitrogen and oxygen atoms in total. The summed E-state index contributed by atoms with van der Waals surface area (Å²) in [7, 11) is 0. The van der Waals surface area contributed by atoms with Crippen molar-refractivity contribution >= 4 is 129 Å². The van der Waals surface area contributed by atoms with E-state index in [4.69, 9.17) is 0 Å². The molecule has 12 bridgehead atoms. The quantitative estimate of drug-likeness (QED) is 0.114. The van der Waals surface area contributed by atoms with Crippen LogP contribution in [0.3, 0.4) is 0 Å². The molecule has 4 N–H and O–H groups in total. The second kappa shape index (κ2) is 22.1. The van der Waals surface area contributed by atoms with Gasteiger partial charge in [0.05, 0.1) is 0 Å². The lowest BCUT2D eigenvalue weighted by Gasteiger charge is -2.21. The lowest BCUT2D eigenvalue weighted by molar-refractivity contribution is 0.698. The van der Waals surface area contributed by atoms with Gasteiger partial charge < -0.3 is 21.3 Å². The van der Waals surface area contributed by atoms with E-state index in [2.05, 4.69) is 271 Å². The van der Waals surface area contributed by atoms with Crippen LogP contribution < -0.4 is 21.3 Å². The van der Waals surface area contributed by atoms with E-state index in [0.29, 0.717) is 0 Å². The van der Waals surface area contributed by atoms with E-state index >= 15 is 0 Å². The van der Waals surface area contributed by atoms with Crippen LogP contribution in [0.5, 0.6) is 0 Å². The Balaban J connectivity index is 0.859. The minimum atomic E-state index is 0.730. The normalized spacial score (nSPS) is 14.0. The van der Waals surface area contributed by atoms with Gasteiger partial charge in [-0.15, -0.1) is 0 Å². The van der Waals surface area contributed by atoms with Gasteiger partial charge in [-0.1, -0.05) is 146 Å². The molecule has 0 aliphatic carbocycles. The highest BCUT2D eigenvalue weighted by Crippen LogP contribution is 2.45. The fourth-order valence-electron chi connectivity index (χ4n) is 17.2. The number of rotatable bonds is 0. The monoisotopic (exact) mass is 1190 g/mol. The number of hydrogen-bond acceptors (Lipinski definition) is 4. The van der Waals surface area contributed by atoms with E-state index in [1.165, 1.54) is 218 Å². The fourth-order valence-corrected chi connectivity index (χ4v) is 17.2. The third-order valence-electron chi connectivity index (χ3n) is 21.3. The second-order valence-corrected chi connectivity index (χ2v) is 27.1. The third-order valence-corrected chi connectivity index (χ3v) is 21.3. The van der Waals surface area contributed by atoms with Crippen LogP contribution in [0.25, 0.3) is 129 Å². The summed E-state index contributed by atoms with van der Waals surface area (Å²) in [6, 6.07) is 75.2. The summed E-state index contributed by atoms with van der Waals surface area (Å²) in [5.41, 5.74) is 21.0. The first-order valence-corrected chi connectivity index (χ1v) is 33.2. The van der Waals surface area contributed by atoms with Crippen LogP contribution in [0.4, 0.5) is 0 Å². The molecule has 92 heavy (non-hydrogen) atoms. The maximum Gasteiger partial charge on any atom is 0.0215 e. The molecule has 0 saturated carbocycles. The van der Waals surface area contributed by atoms with Gasteiger partial charge in [0.2, 0.25) is 0 Å². The zero-order valence-corrected chi connectivity index (χ0v) is 54.1. The molecule has 1 aliphatic rings. The summed E-state index contributed by atoms with van der Waals surface area (Å²) in [4.78, 5) is 0. The molecule has 1 heterocycles. The van der Waals surface area contributed by atoms with Crippen molar-refractivity contribution in [2.45, 2.75) is 108 Å². The SMILES string of the molecule is Cc1cccc2c3cc4cc(c5cccc(C)c5c4c12)CNCc1cc2cc(c4cccc(C)c4c2c2c(C)cccc12)CNCc1cc2cc(c4cccc(C)c4c2c2c(C)cccc12)CNCc1cc2cc(c4cccc(C)c4c2c2c(C)cccc12)CNC3. The molecule has 0 fully saturated rings. The Morgan fingerprint density at radius 2 is 0.304 bits per heavy atom. The molecule has 17 rings (SSSR count). The molecule has 0 radical (unpaired) electrons. The van der Waals surface area contributed by atoms with Crippen LogP contribution in [0, 0.1) is 55.4 Å². The zero-order chi connectivity index (χ0) is 62.2. The van der Waals surface area contributed by atoms with E-state index in [0.717, 1.165) is 52.4 Å². The Morgan fingerprint density at radius 1 is 0.174 bits per heavy atom. The van der Waals surface area contributed by atoms with Crippen LogP contribution in [-0.2, 0) is 52.4 Å². The van der Waals surface area contributed by atoms with E-state index < -0.39 is 0 Å². The molecular weight excluding hydrogens is 1110 g/mol. The molecule has 4 heteroatoms. The molecule has 1 aliphatic heterocycles. The average Bonchev–Trinajstić information content (AvgIpc) is 0.760. The topological polar surface area (TPSA) is 48.1 Å². The van der Waals surface area contributed by atoms with E-state index in [-0.39, 0.29) is 0 Å². The standard InChI is InChI=1S/C88H76N4/c1-49-17-9-25-69-61-33-57-34-62(70-26-10-18-50(2)78(70)85(57)77(49)69)42-90-44-64-37-59-38-66(74-30-14-22-54(6)82(74)87(59)80-52(4)20-12-28-72(64)80)46-92-48-68-40-60-39-67(75-31-15-23-55(7)83(75)88(60)84-56(8)24-16-32-76(68)84)47-91-45-65-36-58-35-63(43-89-41-61)71-27-11-19-51(3)79(71)86(58)81-53(5)21-13-29-73(65)81/h9-40,89-92H,41-48H2,1-8H3. The zero-order valence-electron chi connectivity index (χ0n) is 54.1. The number of benzene rings is 16. The molecule has 0 spiro atoms. The Kier molecular flexibility index (Phi) is 13.6. The van der Waals surface area contributed by atoms with Gasteiger partial charge in [0, 0.05) is 52.4 Å². The Morgan fingerprint density at radius 3 is 0.435 bits per heavy atom. The van der Waals surface area contributed by atoms with Gasteiger partial charge in [-0.25, -0.2) is 0 Å². The highest BCUT2D eigenvalue weighted by atomic mass is 14.9. The predicted molar refractivity (Wildman–Crippen MR) is 396 cm³/mol. The first-order chi connectivity index (χ1) is 44.9. The van der Waals surface area contributed by atoms with Gasteiger partial charge in [-0.05, 0) is 322 Å². The fraction of sp³-hybridized carbons (Fsp3) is 0.182. The Labute approximate surface area is 538 Å². The van der Waals surface area contributed by atoms with Crippen LogP contribution in [0.15, 0.2) is 194 Å². The summed E-state index contributed by atoms with van der Waals surface area (Å²) in [6.45, 7) is 24.3. The van der Waals surface area contributed by atoms with Crippen molar-refractivity contribution in [3.05, 3.63) is 283 Å². The molecule has 0 unspecified atom stereocenters. The Bertz CT molecular complexity index is 4810. The van der Waals surface area contributed by atoms with E-state index in [1.807, 2.05) is 0 Å². The smallest absolute Gasteiger partial charge is 0.0215 e. The average molecular weight is 1190 g/mol. The maximum atomic E-state index is 4.08. The van der Waals surface area contributed by atoms with Crippen molar-refractivity contribution < 1.29 is 0 Å².